The van der Waals surface area contributed by atoms with Gasteiger partial charge in [0.15, 0.2) is 0 Å². The van der Waals surface area contributed by atoms with E-state index in [0.29, 0.717) is 47.3 Å². The first-order valence-corrected chi connectivity index (χ1v) is 20.0. The minimum Gasteiger partial charge on any atom is -0.353 e. The average Bonchev–Trinajstić information content (AvgIpc) is 3.04. The minimum absolute atomic E-state index is 0.00708. The number of nitrogens with one attached hydrogen (secondary N) is 4. The van der Waals surface area contributed by atoms with Crippen LogP contribution in [0, 0.1) is 59.2 Å². The zero-order valence-electron chi connectivity index (χ0n) is 31.6. The van der Waals surface area contributed by atoms with Crippen LogP contribution < -0.4 is 21.3 Å². The molecule has 4 N–H and O–H groups in total. The van der Waals surface area contributed by atoms with Crippen LogP contribution >= 0.6 is 0 Å². The van der Waals surface area contributed by atoms with Gasteiger partial charge in [0.2, 0.25) is 23.6 Å². The highest BCUT2D eigenvalue weighted by Crippen LogP contribution is 2.34. The van der Waals surface area contributed by atoms with Gasteiger partial charge in [-0.15, -0.1) is 0 Å². The van der Waals surface area contributed by atoms with Crippen LogP contribution in [0.15, 0.2) is 0 Å². The summed E-state index contributed by atoms with van der Waals surface area (Å²) in [5, 5.41) is 13.2. The summed E-state index contributed by atoms with van der Waals surface area (Å²) in [6.45, 7) is 17.7. The quantitative estimate of drug-likeness (QED) is 0.194. The van der Waals surface area contributed by atoms with E-state index in [0.717, 1.165) is 77.0 Å². The van der Waals surface area contributed by atoms with Gasteiger partial charge in [0.05, 0.1) is 11.8 Å². The molecule has 0 aromatic carbocycles. The Morgan fingerprint density at radius 3 is 0.938 bits per heavy atom. The highest BCUT2D eigenvalue weighted by atomic mass is 16.2. The van der Waals surface area contributed by atoms with Gasteiger partial charge < -0.3 is 21.3 Å². The molecule has 0 heterocycles. The third kappa shape index (κ3) is 9.99. The number of carbonyl (C=O) groups excluding carboxylic acids is 4. The number of carbonyl (C=O) groups is 4. The summed E-state index contributed by atoms with van der Waals surface area (Å²) < 4.78 is 0. The van der Waals surface area contributed by atoms with Gasteiger partial charge in [0, 0.05) is 37.0 Å². The molecule has 0 saturated heterocycles. The van der Waals surface area contributed by atoms with Crippen molar-refractivity contribution in [3.63, 3.8) is 0 Å². The van der Waals surface area contributed by atoms with E-state index in [1.54, 1.807) is 0 Å². The summed E-state index contributed by atoms with van der Waals surface area (Å²) in [6.07, 6.45) is 12.2. The highest BCUT2D eigenvalue weighted by molar-refractivity contribution is 5.94. The van der Waals surface area contributed by atoms with Gasteiger partial charge in [-0.05, 0) is 73.0 Å². The predicted octanol–water partition coefficient (Wildman–Crippen LogP) is 6.76. The second-order valence-electron chi connectivity index (χ2n) is 17.3. The van der Waals surface area contributed by atoms with Crippen LogP contribution in [0.2, 0.25) is 0 Å². The summed E-state index contributed by atoms with van der Waals surface area (Å²) in [4.78, 5) is 56.6. The molecule has 48 heavy (non-hydrogen) atoms. The molecule has 0 aromatic rings. The van der Waals surface area contributed by atoms with E-state index in [9.17, 15) is 19.2 Å². The summed E-state index contributed by atoms with van der Waals surface area (Å²) in [6, 6.07) is 0.0953. The maximum absolute atomic E-state index is 14.4. The second kappa shape index (κ2) is 17.7. The van der Waals surface area contributed by atoms with Gasteiger partial charge in [-0.3, -0.25) is 19.2 Å². The standard InChI is InChI=1S/C40H70N4O4/c1-23-13-9-17-33(27(23)5)41-37(45)21-31(39(47)43-35-19-11-15-25(3)29(35)7)32(40(48)44-36-20-12-16-26(4)30(36)8)22-38(46)42-34-18-10-14-24(2)28(34)6/h23-36H,9-22H2,1-8H3,(H,41,45)(H,42,46)(H,43,47)(H,44,48). The van der Waals surface area contributed by atoms with Crippen LogP contribution in [-0.2, 0) is 19.2 Å². The van der Waals surface area contributed by atoms with E-state index in [2.05, 4.69) is 76.7 Å². The normalized spacial score (nSPS) is 38.6. The van der Waals surface area contributed by atoms with Crippen LogP contribution in [0.4, 0.5) is 0 Å². The van der Waals surface area contributed by atoms with Gasteiger partial charge in [0.1, 0.15) is 0 Å². The summed E-state index contributed by atoms with van der Waals surface area (Å²) in [5.74, 6) is 0.516. The summed E-state index contributed by atoms with van der Waals surface area (Å²) in [7, 11) is 0. The Bertz CT molecular complexity index is 1010. The molecular weight excluding hydrogens is 600 g/mol. The largest absolute Gasteiger partial charge is 0.353 e. The van der Waals surface area contributed by atoms with Crippen LogP contribution in [0.5, 0.6) is 0 Å². The van der Waals surface area contributed by atoms with Crippen molar-refractivity contribution >= 4 is 23.6 Å². The van der Waals surface area contributed by atoms with Crippen LogP contribution in [0.3, 0.4) is 0 Å². The third-order valence-corrected chi connectivity index (χ3v) is 14.1. The van der Waals surface area contributed by atoms with E-state index >= 15 is 0 Å². The van der Waals surface area contributed by atoms with Crippen molar-refractivity contribution in [1.29, 1.82) is 0 Å². The maximum Gasteiger partial charge on any atom is 0.224 e. The lowest BCUT2D eigenvalue weighted by molar-refractivity contribution is -0.141. The maximum atomic E-state index is 14.4. The number of rotatable bonds is 11. The minimum atomic E-state index is -0.935. The first-order valence-electron chi connectivity index (χ1n) is 20.0. The molecule has 8 nitrogen and oxygen atoms in total. The molecule has 14 unspecified atom stereocenters. The van der Waals surface area contributed by atoms with E-state index in [-0.39, 0.29) is 60.6 Å². The molecule has 4 fully saturated rings. The Morgan fingerprint density at radius 1 is 0.417 bits per heavy atom. The lowest BCUT2D eigenvalue weighted by Gasteiger charge is -2.38. The Kier molecular flexibility index (Phi) is 14.3. The van der Waals surface area contributed by atoms with E-state index < -0.39 is 11.8 Å². The zero-order chi connectivity index (χ0) is 35.1. The third-order valence-electron chi connectivity index (χ3n) is 14.1. The summed E-state index contributed by atoms with van der Waals surface area (Å²) in [5.41, 5.74) is 0. The molecule has 4 saturated carbocycles. The fourth-order valence-electron chi connectivity index (χ4n) is 9.49. The lowest BCUT2D eigenvalue weighted by atomic mass is 9.76. The Hall–Kier alpha value is -2.12. The number of hydrogen-bond acceptors (Lipinski definition) is 4. The Labute approximate surface area is 292 Å². The monoisotopic (exact) mass is 671 g/mol. The Balaban J connectivity index is 1.60. The van der Waals surface area contributed by atoms with Gasteiger partial charge in [-0.25, -0.2) is 0 Å². The molecule has 0 spiro atoms. The molecule has 8 heteroatoms. The van der Waals surface area contributed by atoms with Crippen LogP contribution in [0.1, 0.15) is 145 Å². The molecule has 0 bridgehead atoms. The van der Waals surface area contributed by atoms with Crippen molar-refractivity contribution in [2.45, 2.75) is 169 Å². The molecule has 4 aliphatic rings. The van der Waals surface area contributed by atoms with E-state index in [1.165, 1.54) is 0 Å². The van der Waals surface area contributed by atoms with Crippen molar-refractivity contribution in [2.24, 2.45) is 59.2 Å². The predicted molar refractivity (Wildman–Crippen MR) is 193 cm³/mol. The summed E-state index contributed by atoms with van der Waals surface area (Å²) >= 11 is 0. The van der Waals surface area contributed by atoms with Crippen molar-refractivity contribution in [2.75, 3.05) is 0 Å². The Morgan fingerprint density at radius 2 is 0.667 bits per heavy atom. The molecule has 274 valence electrons. The molecular formula is C40H70N4O4. The fourth-order valence-corrected chi connectivity index (χ4v) is 9.49. The molecule has 4 amide bonds. The van der Waals surface area contributed by atoms with Crippen molar-refractivity contribution < 1.29 is 19.2 Å². The average molecular weight is 671 g/mol. The first kappa shape index (κ1) is 38.7. The molecule has 4 aliphatic carbocycles. The number of hydrogen-bond donors (Lipinski definition) is 4. The lowest BCUT2D eigenvalue weighted by Crippen LogP contribution is -2.54. The van der Waals surface area contributed by atoms with Gasteiger partial charge in [-0.2, -0.15) is 0 Å². The van der Waals surface area contributed by atoms with Crippen molar-refractivity contribution in [1.82, 2.24) is 21.3 Å². The number of amides is 4. The SMILES string of the molecule is CC1CCCC(NC(=O)CC(C(=O)NC2CCCC(C)C2C)C(CC(=O)NC2CCCC(C)C2C)C(=O)NC2CCCC(C)C2C)C1C. The van der Waals surface area contributed by atoms with Gasteiger partial charge in [-0.1, -0.05) is 107 Å². The molecule has 14 atom stereocenters. The fraction of sp³-hybridized carbons (Fsp3) is 0.900. The first-order chi connectivity index (χ1) is 22.8. The van der Waals surface area contributed by atoms with E-state index in [4.69, 9.17) is 0 Å². The molecule has 4 rings (SSSR count). The highest BCUT2D eigenvalue weighted by Gasteiger charge is 2.42. The van der Waals surface area contributed by atoms with Crippen molar-refractivity contribution in [3.8, 4) is 0 Å². The smallest absolute Gasteiger partial charge is 0.224 e. The molecule has 0 aromatic heterocycles. The topological polar surface area (TPSA) is 116 Å². The zero-order valence-corrected chi connectivity index (χ0v) is 31.6. The van der Waals surface area contributed by atoms with Crippen molar-refractivity contribution in [3.05, 3.63) is 0 Å². The molecule has 0 aliphatic heterocycles. The van der Waals surface area contributed by atoms with Crippen LogP contribution in [-0.4, -0.2) is 47.8 Å². The molecule has 0 radical (unpaired) electrons. The second-order valence-corrected chi connectivity index (χ2v) is 17.3. The van der Waals surface area contributed by atoms with Gasteiger partial charge in [0.25, 0.3) is 0 Å². The van der Waals surface area contributed by atoms with Crippen LogP contribution in [0.25, 0.3) is 0 Å². The van der Waals surface area contributed by atoms with E-state index in [1.807, 2.05) is 0 Å². The van der Waals surface area contributed by atoms with Gasteiger partial charge >= 0.3 is 0 Å².